The third kappa shape index (κ3) is 3.50. The molecule has 1 fully saturated rings. The summed E-state index contributed by atoms with van der Waals surface area (Å²) in [6.45, 7) is 0. The standard InChI is InChI=1S/C16H12F2N2O4S/c17-11-7-12(18)9-13(8-11)19-16(22)10-2-1-3-14(6-10)20-15(21)4-5-25(20,23)24/h1-3,6-9H,4-5H2,(H,19,22). The molecular formula is C16H12F2N2O4S. The van der Waals surface area contributed by atoms with Crippen LogP contribution < -0.4 is 9.62 Å². The fourth-order valence-corrected chi connectivity index (χ4v) is 3.92. The molecule has 1 saturated heterocycles. The zero-order chi connectivity index (χ0) is 18.2. The fourth-order valence-electron chi connectivity index (χ4n) is 2.47. The van der Waals surface area contributed by atoms with Gasteiger partial charge in [-0.05, 0) is 30.3 Å². The van der Waals surface area contributed by atoms with Crippen LogP contribution in [0.15, 0.2) is 42.5 Å². The van der Waals surface area contributed by atoms with Gasteiger partial charge >= 0.3 is 0 Å². The van der Waals surface area contributed by atoms with Crippen molar-refractivity contribution in [1.82, 2.24) is 0 Å². The van der Waals surface area contributed by atoms with E-state index in [0.29, 0.717) is 10.4 Å². The number of amides is 2. The van der Waals surface area contributed by atoms with Crippen LogP contribution in [0.3, 0.4) is 0 Å². The smallest absolute Gasteiger partial charge is 0.255 e. The van der Waals surface area contributed by atoms with Gasteiger partial charge in [0.1, 0.15) is 11.6 Å². The number of hydrogen-bond acceptors (Lipinski definition) is 4. The molecule has 0 aliphatic carbocycles. The van der Waals surface area contributed by atoms with Gasteiger partial charge in [0.2, 0.25) is 15.9 Å². The molecule has 9 heteroatoms. The second-order valence-electron chi connectivity index (χ2n) is 5.39. The van der Waals surface area contributed by atoms with Gasteiger partial charge in [-0.15, -0.1) is 0 Å². The molecule has 25 heavy (non-hydrogen) atoms. The van der Waals surface area contributed by atoms with Gasteiger partial charge in [-0.25, -0.2) is 21.5 Å². The first-order valence-electron chi connectivity index (χ1n) is 7.19. The van der Waals surface area contributed by atoms with Crippen LogP contribution >= 0.6 is 0 Å². The molecule has 1 N–H and O–H groups in total. The largest absolute Gasteiger partial charge is 0.322 e. The van der Waals surface area contributed by atoms with Crippen molar-refractivity contribution in [2.75, 3.05) is 15.4 Å². The van der Waals surface area contributed by atoms with Crippen LogP contribution in [-0.4, -0.2) is 26.0 Å². The molecule has 3 rings (SSSR count). The summed E-state index contributed by atoms with van der Waals surface area (Å²) in [5.41, 5.74) is -0.00424. The SMILES string of the molecule is O=C(Nc1cc(F)cc(F)c1)c1cccc(N2C(=O)CCS2(=O)=O)c1. The number of halogens is 2. The second kappa shape index (κ2) is 6.25. The third-order valence-electron chi connectivity index (χ3n) is 3.54. The van der Waals surface area contributed by atoms with Crippen LogP contribution in [0.5, 0.6) is 0 Å². The van der Waals surface area contributed by atoms with Gasteiger partial charge in [-0.1, -0.05) is 6.07 Å². The Balaban J connectivity index is 1.88. The number of carbonyl (C=O) groups is 2. The number of nitrogens with zero attached hydrogens (tertiary/aromatic N) is 1. The number of carbonyl (C=O) groups excluding carboxylic acids is 2. The minimum atomic E-state index is -3.75. The number of nitrogens with one attached hydrogen (secondary N) is 1. The van der Waals surface area contributed by atoms with E-state index in [1.54, 1.807) is 0 Å². The molecule has 1 aliphatic rings. The van der Waals surface area contributed by atoms with Crippen molar-refractivity contribution >= 4 is 33.2 Å². The molecular weight excluding hydrogens is 354 g/mol. The monoisotopic (exact) mass is 366 g/mol. The first-order chi connectivity index (χ1) is 11.8. The zero-order valence-electron chi connectivity index (χ0n) is 12.7. The molecule has 0 spiro atoms. The van der Waals surface area contributed by atoms with Crippen molar-refractivity contribution in [1.29, 1.82) is 0 Å². The lowest BCUT2D eigenvalue weighted by Crippen LogP contribution is -2.29. The molecule has 1 aliphatic heterocycles. The summed E-state index contributed by atoms with van der Waals surface area (Å²) in [4.78, 5) is 24.0. The zero-order valence-corrected chi connectivity index (χ0v) is 13.5. The minimum Gasteiger partial charge on any atom is -0.322 e. The van der Waals surface area contributed by atoms with Gasteiger partial charge in [-0.2, -0.15) is 0 Å². The maximum Gasteiger partial charge on any atom is 0.255 e. The summed E-state index contributed by atoms with van der Waals surface area (Å²) in [7, 11) is -3.75. The van der Waals surface area contributed by atoms with Crippen molar-refractivity contribution in [3.63, 3.8) is 0 Å². The molecule has 6 nitrogen and oxygen atoms in total. The number of rotatable bonds is 3. The molecule has 0 atom stereocenters. The van der Waals surface area contributed by atoms with E-state index < -0.39 is 33.5 Å². The number of sulfonamides is 1. The minimum absolute atomic E-state index is 0.0390. The summed E-state index contributed by atoms with van der Waals surface area (Å²) >= 11 is 0. The van der Waals surface area contributed by atoms with Gasteiger partial charge in [0, 0.05) is 23.7 Å². The van der Waals surface area contributed by atoms with Crippen LogP contribution in [-0.2, 0) is 14.8 Å². The Bertz CT molecular complexity index is 956. The molecule has 0 bridgehead atoms. The molecule has 1 heterocycles. The first kappa shape index (κ1) is 17.0. The summed E-state index contributed by atoms with van der Waals surface area (Å²) in [5, 5.41) is 2.32. The van der Waals surface area contributed by atoms with E-state index in [1.165, 1.54) is 24.3 Å². The van der Waals surface area contributed by atoms with E-state index in [4.69, 9.17) is 0 Å². The highest BCUT2D eigenvalue weighted by Gasteiger charge is 2.36. The van der Waals surface area contributed by atoms with Crippen molar-refractivity contribution in [2.24, 2.45) is 0 Å². The highest BCUT2D eigenvalue weighted by Crippen LogP contribution is 2.26. The van der Waals surface area contributed by atoms with E-state index >= 15 is 0 Å². The Labute approximate surface area is 142 Å². The van der Waals surface area contributed by atoms with Gasteiger partial charge in [-0.3, -0.25) is 9.59 Å². The van der Waals surface area contributed by atoms with Crippen LogP contribution in [0.2, 0.25) is 0 Å². The molecule has 2 amide bonds. The molecule has 2 aromatic carbocycles. The van der Waals surface area contributed by atoms with E-state index in [2.05, 4.69) is 5.32 Å². The predicted octanol–water partition coefficient (Wildman–Crippen LogP) is 2.28. The molecule has 130 valence electrons. The predicted molar refractivity (Wildman–Crippen MR) is 86.6 cm³/mol. The summed E-state index contributed by atoms with van der Waals surface area (Å²) in [6, 6.07) is 7.98. The summed E-state index contributed by atoms with van der Waals surface area (Å²) in [6.07, 6.45) is -0.124. The van der Waals surface area contributed by atoms with Gasteiger partial charge in [0.05, 0.1) is 11.4 Å². The Morgan fingerprint density at radius 1 is 1.08 bits per heavy atom. The van der Waals surface area contributed by atoms with Crippen LogP contribution in [0, 0.1) is 11.6 Å². The van der Waals surface area contributed by atoms with Gasteiger partial charge in [0.25, 0.3) is 5.91 Å². The van der Waals surface area contributed by atoms with Crippen molar-refractivity contribution in [2.45, 2.75) is 6.42 Å². The first-order valence-corrected chi connectivity index (χ1v) is 8.80. The average molecular weight is 366 g/mol. The highest BCUT2D eigenvalue weighted by molar-refractivity contribution is 7.94. The number of benzene rings is 2. The second-order valence-corrected chi connectivity index (χ2v) is 7.32. The summed E-state index contributed by atoms with van der Waals surface area (Å²) < 4.78 is 50.9. The van der Waals surface area contributed by atoms with Crippen molar-refractivity contribution in [3.8, 4) is 0 Å². The Kier molecular flexibility index (Phi) is 4.25. The van der Waals surface area contributed by atoms with Crippen LogP contribution in [0.4, 0.5) is 20.2 Å². The lowest BCUT2D eigenvalue weighted by molar-refractivity contribution is -0.116. The topological polar surface area (TPSA) is 83.6 Å². The van der Waals surface area contributed by atoms with E-state index in [9.17, 15) is 26.8 Å². The Hall–Kier alpha value is -2.81. The quantitative estimate of drug-likeness (QED) is 0.903. The maximum absolute atomic E-state index is 13.2. The van der Waals surface area contributed by atoms with E-state index in [0.717, 1.165) is 12.1 Å². The molecule has 0 unspecified atom stereocenters. The van der Waals surface area contributed by atoms with Gasteiger partial charge < -0.3 is 5.32 Å². The normalized spacial score (nSPS) is 16.1. The molecule has 0 saturated carbocycles. The number of hydrogen-bond donors (Lipinski definition) is 1. The molecule has 0 radical (unpaired) electrons. The lowest BCUT2D eigenvalue weighted by atomic mass is 10.1. The lowest BCUT2D eigenvalue weighted by Gasteiger charge is -2.15. The number of anilines is 2. The Morgan fingerprint density at radius 2 is 1.76 bits per heavy atom. The molecule has 0 aromatic heterocycles. The van der Waals surface area contributed by atoms with E-state index in [1.807, 2.05) is 0 Å². The maximum atomic E-state index is 13.2. The van der Waals surface area contributed by atoms with Crippen LogP contribution in [0.25, 0.3) is 0 Å². The molecule has 2 aromatic rings. The van der Waals surface area contributed by atoms with Crippen molar-refractivity contribution in [3.05, 3.63) is 59.7 Å². The van der Waals surface area contributed by atoms with Crippen molar-refractivity contribution < 1.29 is 26.8 Å². The Morgan fingerprint density at radius 3 is 2.36 bits per heavy atom. The third-order valence-corrected chi connectivity index (χ3v) is 5.23. The van der Waals surface area contributed by atoms with Gasteiger partial charge in [0.15, 0.2) is 0 Å². The fraction of sp³-hybridized carbons (Fsp3) is 0.125. The van der Waals surface area contributed by atoms with E-state index in [-0.39, 0.29) is 29.1 Å². The average Bonchev–Trinajstić information content (AvgIpc) is 2.79. The van der Waals surface area contributed by atoms with Crippen LogP contribution in [0.1, 0.15) is 16.8 Å². The highest BCUT2D eigenvalue weighted by atomic mass is 32.2. The summed E-state index contributed by atoms with van der Waals surface area (Å²) in [5.74, 6) is -3.26.